The second kappa shape index (κ2) is 4.61. The van der Waals surface area contributed by atoms with Crippen molar-refractivity contribution in [2.75, 3.05) is 6.54 Å². The Morgan fingerprint density at radius 2 is 2.38 bits per heavy atom. The van der Waals surface area contributed by atoms with Crippen molar-refractivity contribution < 1.29 is 4.79 Å². The van der Waals surface area contributed by atoms with Gasteiger partial charge in [-0.3, -0.25) is 4.79 Å². The quantitative estimate of drug-likeness (QED) is 0.789. The van der Waals surface area contributed by atoms with Crippen molar-refractivity contribution >= 4 is 5.91 Å². The van der Waals surface area contributed by atoms with Crippen LogP contribution >= 0.6 is 0 Å². The van der Waals surface area contributed by atoms with Crippen LogP contribution in [0.5, 0.6) is 0 Å². The molecule has 0 radical (unpaired) electrons. The summed E-state index contributed by atoms with van der Waals surface area (Å²) in [6.45, 7) is 2.41. The van der Waals surface area contributed by atoms with E-state index in [2.05, 4.69) is 10.3 Å². The smallest absolute Gasteiger partial charge is 0.269 e. The molecule has 0 aromatic carbocycles. The van der Waals surface area contributed by atoms with E-state index < -0.39 is 0 Å². The molecule has 1 unspecified atom stereocenters. The first-order valence-corrected chi connectivity index (χ1v) is 5.64. The summed E-state index contributed by atoms with van der Waals surface area (Å²) in [6.07, 6.45) is 2.39. The van der Waals surface area contributed by atoms with Gasteiger partial charge < -0.3 is 11.1 Å². The lowest BCUT2D eigenvalue weighted by Crippen LogP contribution is -2.38. The van der Waals surface area contributed by atoms with Crippen LogP contribution in [0.4, 0.5) is 0 Å². The predicted octanol–water partition coefficient (Wildman–Crippen LogP) is 0.857. The Bertz CT molecular complexity index is 388. The molecule has 1 fully saturated rings. The van der Waals surface area contributed by atoms with Gasteiger partial charge in [-0.05, 0) is 37.8 Å². The van der Waals surface area contributed by atoms with Crippen molar-refractivity contribution in [1.82, 2.24) is 10.3 Å². The molecule has 1 heterocycles. The number of carbonyl (C=O) groups excluding carboxylic acids is 1. The summed E-state index contributed by atoms with van der Waals surface area (Å²) >= 11 is 0. The van der Waals surface area contributed by atoms with Crippen molar-refractivity contribution in [3.8, 4) is 0 Å². The highest BCUT2D eigenvalue weighted by molar-refractivity contribution is 5.92. The molecule has 1 saturated carbocycles. The number of amides is 1. The molecule has 4 nitrogen and oxygen atoms in total. The second-order valence-corrected chi connectivity index (χ2v) is 4.38. The van der Waals surface area contributed by atoms with E-state index in [1.165, 1.54) is 12.8 Å². The van der Waals surface area contributed by atoms with Gasteiger partial charge in [0.2, 0.25) is 0 Å². The summed E-state index contributed by atoms with van der Waals surface area (Å²) in [5.41, 5.74) is 7.21. The van der Waals surface area contributed by atoms with E-state index in [0.717, 1.165) is 5.69 Å². The van der Waals surface area contributed by atoms with Crippen LogP contribution in [0.3, 0.4) is 0 Å². The molecule has 0 bridgehead atoms. The van der Waals surface area contributed by atoms with E-state index >= 15 is 0 Å². The number of nitrogens with two attached hydrogens (primary N) is 1. The van der Waals surface area contributed by atoms with E-state index in [0.29, 0.717) is 18.2 Å². The van der Waals surface area contributed by atoms with Gasteiger partial charge in [0.1, 0.15) is 5.69 Å². The zero-order valence-corrected chi connectivity index (χ0v) is 9.44. The molecule has 1 aromatic rings. The van der Waals surface area contributed by atoms with Crippen LogP contribution in [-0.2, 0) is 0 Å². The molecule has 1 aromatic heterocycles. The third-order valence-electron chi connectivity index (χ3n) is 2.85. The number of hydrogen-bond donors (Lipinski definition) is 2. The average Bonchev–Trinajstić information content (AvgIpc) is 3.09. The van der Waals surface area contributed by atoms with Crippen LogP contribution in [0.2, 0.25) is 0 Å². The van der Waals surface area contributed by atoms with Crippen molar-refractivity contribution in [3.63, 3.8) is 0 Å². The Morgan fingerprint density at radius 1 is 1.62 bits per heavy atom. The fourth-order valence-electron chi connectivity index (χ4n) is 1.66. The Hall–Kier alpha value is -1.42. The zero-order valence-electron chi connectivity index (χ0n) is 9.44. The first-order chi connectivity index (χ1) is 7.66. The number of nitrogens with zero attached hydrogens (tertiary/aromatic N) is 1. The molecule has 86 valence electrons. The minimum Gasteiger partial charge on any atom is -0.349 e. The number of hydrogen-bond acceptors (Lipinski definition) is 3. The van der Waals surface area contributed by atoms with Gasteiger partial charge in [-0.25, -0.2) is 4.98 Å². The van der Waals surface area contributed by atoms with E-state index in [4.69, 9.17) is 5.73 Å². The standard InChI is InChI=1S/C12H17N3O/c1-8-3-2-4-11(15-8)12(16)14-7-10(13)9-5-6-9/h2-4,9-10H,5-7,13H2,1H3,(H,14,16). The van der Waals surface area contributed by atoms with Crippen molar-refractivity contribution in [3.05, 3.63) is 29.6 Å². The van der Waals surface area contributed by atoms with Crippen LogP contribution in [0.1, 0.15) is 29.0 Å². The Morgan fingerprint density at radius 3 is 3.00 bits per heavy atom. The summed E-state index contributed by atoms with van der Waals surface area (Å²) < 4.78 is 0. The van der Waals surface area contributed by atoms with Gasteiger partial charge in [0.05, 0.1) is 0 Å². The largest absolute Gasteiger partial charge is 0.349 e. The fourth-order valence-corrected chi connectivity index (χ4v) is 1.66. The van der Waals surface area contributed by atoms with Gasteiger partial charge in [-0.1, -0.05) is 6.07 Å². The molecule has 2 rings (SSSR count). The van der Waals surface area contributed by atoms with Crippen molar-refractivity contribution in [2.24, 2.45) is 11.7 Å². The molecule has 1 atom stereocenters. The highest BCUT2D eigenvalue weighted by Gasteiger charge is 2.28. The predicted molar refractivity (Wildman–Crippen MR) is 62.0 cm³/mol. The third-order valence-corrected chi connectivity index (χ3v) is 2.85. The van der Waals surface area contributed by atoms with Gasteiger partial charge in [0.15, 0.2) is 0 Å². The SMILES string of the molecule is Cc1cccc(C(=O)NCC(N)C2CC2)n1. The van der Waals surface area contributed by atoms with Gasteiger partial charge in [-0.2, -0.15) is 0 Å². The van der Waals surface area contributed by atoms with Crippen LogP contribution in [0.15, 0.2) is 18.2 Å². The third kappa shape index (κ3) is 2.79. The van der Waals surface area contributed by atoms with Crippen LogP contribution in [0, 0.1) is 12.8 Å². The van der Waals surface area contributed by atoms with E-state index in [9.17, 15) is 4.79 Å². The first kappa shape index (κ1) is 11.1. The molecule has 0 saturated heterocycles. The van der Waals surface area contributed by atoms with Gasteiger partial charge >= 0.3 is 0 Å². The molecule has 1 amide bonds. The normalized spacial score (nSPS) is 16.9. The molecular weight excluding hydrogens is 202 g/mol. The highest BCUT2D eigenvalue weighted by Crippen LogP contribution is 2.31. The molecule has 0 spiro atoms. The van der Waals surface area contributed by atoms with Gasteiger partial charge in [0, 0.05) is 18.3 Å². The first-order valence-electron chi connectivity index (χ1n) is 5.64. The molecule has 16 heavy (non-hydrogen) atoms. The molecule has 3 N–H and O–H groups in total. The summed E-state index contributed by atoms with van der Waals surface area (Å²) in [6, 6.07) is 5.50. The number of aryl methyl sites for hydroxylation is 1. The Balaban J connectivity index is 1.87. The maximum atomic E-state index is 11.7. The van der Waals surface area contributed by atoms with Gasteiger partial charge in [-0.15, -0.1) is 0 Å². The van der Waals surface area contributed by atoms with E-state index in [1.54, 1.807) is 6.07 Å². The monoisotopic (exact) mass is 219 g/mol. The average molecular weight is 219 g/mol. The second-order valence-electron chi connectivity index (χ2n) is 4.38. The summed E-state index contributed by atoms with van der Waals surface area (Å²) in [4.78, 5) is 15.9. The molecule has 1 aliphatic rings. The molecule has 0 aliphatic heterocycles. The summed E-state index contributed by atoms with van der Waals surface area (Å²) in [5.74, 6) is 0.463. The lowest BCUT2D eigenvalue weighted by Gasteiger charge is -2.11. The lowest BCUT2D eigenvalue weighted by molar-refractivity contribution is 0.0945. The summed E-state index contributed by atoms with van der Waals surface area (Å²) in [7, 11) is 0. The Kier molecular flexibility index (Phi) is 3.19. The fraction of sp³-hybridized carbons (Fsp3) is 0.500. The van der Waals surface area contributed by atoms with Crippen molar-refractivity contribution in [1.29, 1.82) is 0 Å². The number of pyridine rings is 1. The maximum Gasteiger partial charge on any atom is 0.269 e. The number of aromatic nitrogens is 1. The number of rotatable bonds is 4. The minimum atomic E-state index is -0.139. The zero-order chi connectivity index (χ0) is 11.5. The number of carbonyl (C=O) groups is 1. The van der Waals surface area contributed by atoms with Crippen LogP contribution in [0.25, 0.3) is 0 Å². The van der Waals surface area contributed by atoms with Crippen LogP contribution in [-0.4, -0.2) is 23.5 Å². The minimum absolute atomic E-state index is 0.0914. The summed E-state index contributed by atoms with van der Waals surface area (Å²) in [5, 5.41) is 2.82. The Labute approximate surface area is 95.3 Å². The topological polar surface area (TPSA) is 68.0 Å². The van der Waals surface area contributed by atoms with Gasteiger partial charge in [0.25, 0.3) is 5.91 Å². The number of nitrogens with one attached hydrogen (secondary N) is 1. The lowest BCUT2D eigenvalue weighted by atomic mass is 10.2. The highest BCUT2D eigenvalue weighted by atomic mass is 16.1. The van der Waals surface area contributed by atoms with E-state index in [-0.39, 0.29) is 11.9 Å². The molecular formula is C12H17N3O. The maximum absolute atomic E-state index is 11.7. The molecule has 4 heteroatoms. The molecule has 1 aliphatic carbocycles. The van der Waals surface area contributed by atoms with E-state index in [1.807, 2.05) is 19.1 Å². The van der Waals surface area contributed by atoms with Crippen LogP contribution < -0.4 is 11.1 Å². The van der Waals surface area contributed by atoms with Crippen molar-refractivity contribution in [2.45, 2.75) is 25.8 Å².